The molecule has 1 N–H and O–H groups in total. The molecule has 0 amide bonds. The molecule has 0 fully saturated rings. The van der Waals surface area contributed by atoms with Crippen LogP contribution in [0.2, 0.25) is 0 Å². The zero-order valence-corrected chi connectivity index (χ0v) is 7.29. The molecule has 0 unspecified atom stereocenters. The van der Waals surface area contributed by atoms with E-state index in [9.17, 15) is 0 Å². The summed E-state index contributed by atoms with van der Waals surface area (Å²) in [4.78, 5) is 4.31. The second kappa shape index (κ2) is 2.66. The van der Waals surface area contributed by atoms with Gasteiger partial charge < -0.3 is 10.1 Å². The highest BCUT2D eigenvalue weighted by Gasteiger charge is 2.17. The molecule has 0 aliphatic carbocycles. The van der Waals surface area contributed by atoms with Crippen molar-refractivity contribution >= 4 is 5.69 Å². The van der Waals surface area contributed by atoms with Crippen LogP contribution in [0, 0.1) is 0 Å². The van der Waals surface area contributed by atoms with Gasteiger partial charge >= 0.3 is 0 Å². The molecule has 12 heavy (non-hydrogen) atoms. The molecule has 0 aromatic carbocycles. The third kappa shape index (κ3) is 1.02. The summed E-state index contributed by atoms with van der Waals surface area (Å²) in [5.74, 6) is 1.36. The minimum atomic E-state index is 0.439. The summed E-state index contributed by atoms with van der Waals surface area (Å²) in [6.45, 7) is 4.83. The Morgan fingerprint density at radius 2 is 2.42 bits per heavy atom. The molecule has 1 aliphatic rings. The Hall–Kier alpha value is -1.25. The highest BCUT2D eigenvalue weighted by Crippen LogP contribution is 2.34. The molecule has 0 saturated heterocycles. The monoisotopic (exact) mass is 164 g/mol. The molecule has 0 radical (unpaired) electrons. The van der Waals surface area contributed by atoms with Crippen molar-refractivity contribution in [3.63, 3.8) is 0 Å². The molecule has 0 spiro atoms. The fraction of sp³-hybridized carbons (Fsp3) is 0.444. The maximum absolute atomic E-state index is 5.34. The van der Waals surface area contributed by atoms with E-state index >= 15 is 0 Å². The van der Waals surface area contributed by atoms with Crippen LogP contribution in [0.5, 0.6) is 5.75 Å². The molecule has 64 valence electrons. The van der Waals surface area contributed by atoms with Gasteiger partial charge in [-0.3, -0.25) is 4.98 Å². The summed E-state index contributed by atoms with van der Waals surface area (Å²) >= 11 is 0. The number of fused-ring (bicyclic) bond motifs is 1. The van der Waals surface area contributed by atoms with Crippen LogP contribution < -0.4 is 10.1 Å². The first-order valence-corrected chi connectivity index (χ1v) is 4.14. The van der Waals surface area contributed by atoms with Gasteiger partial charge in [-0.25, -0.2) is 0 Å². The van der Waals surface area contributed by atoms with E-state index < -0.39 is 0 Å². The summed E-state index contributed by atoms with van der Waals surface area (Å²) in [5.41, 5.74) is 2.15. The van der Waals surface area contributed by atoms with E-state index in [0.717, 1.165) is 17.1 Å². The van der Waals surface area contributed by atoms with Crippen LogP contribution in [-0.4, -0.2) is 11.7 Å². The predicted octanol–water partition coefficient (Wildman–Crippen LogP) is 1.97. The first-order valence-electron chi connectivity index (χ1n) is 4.14. The molecular weight excluding hydrogens is 152 g/mol. The molecule has 1 aromatic rings. The van der Waals surface area contributed by atoms with Crippen molar-refractivity contribution in [3.8, 4) is 5.75 Å². The van der Waals surface area contributed by atoms with Crippen LogP contribution in [-0.2, 0) is 0 Å². The number of ether oxygens (including phenoxy) is 1. The van der Waals surface area contributed by atoms with Crippen molar-refractivity contribution in [2.75, 3.05) is 12.0 Å². The molecule has 2 heterocycles. The van der Waals surface area contributed by atoms with Crippen molar-refractivity contribution in [3.05, 3.63) is 18.0 Å². The van der Waals surface area contributed by atoms with Crippen LogP contribution in [0.15, 0.2) is 12.3 Å². The minimum absolute atomic E-state index is 0.439. The van der Waals surface area contributed by atoms with Crippen molar-refractivity contribution in [1.82, 2.24) is 4.98 Å². The van der Waals surface area contributed by atoms with Gasteiger partial charge in [0.15, 0.2) is 6.73 Å². The molecule has 3 heteroatoms. The van der Waals surface area contributed by atoms with Gasteiger partial charge in [-0.05, 0) is 5.92 Å². The topological polar surface area (TPSA) is 34.2 Å². The molecule has 0 atom stereocenters. The number of rotatable bonds is 1. The first-order chi connectivity index (χ1) is 5.79. The van der Waals surface area contributed by atoms with Gasteiger partial charge in [0.25, 0.3) is 0 Å². The predicted molar refractivity (Wildman–Crippen MR) is 47.4 cm³/mol. The number of nitrogens with one attached hydrogen (secondary N) is 1. The molecule has 1 aromatic heterocycles. The summed E-state index contributed by atoms with van der Waals surface area (Å²) in [6, 6.07) is 1.89. The van der Waals surface area contributed by atoms with Crippen LogP contribution in [0.4, 0.5) is 5.69 Å². The normalized spacial score (nSPS) is 13.9. The molecule has 0 saturated carbocycles. The summed E-state index contributed by atoms with van der Waals surface area (Å²) < 4.78 is 5.34. The lowest BCUT2D eigenvalue weighted by atomic mass is 10.1. The summed E-state index contributed by atoms with van der Waals surface area (Å²) in [6.07, 6.45) is 1.79. The van der Waals surface area contributed by atoms with Crippen LogP contribution >= 0.6 is 0 Å². The van der Waals surface area contributed by atoms with Gasteiger partial charge in [0, 0.05) is 12.3 Å². The van der Waals surface area contributed by atoms with E-state index in [4.69, 9.17) is 4.74 Å². The maximum Gasteiger partial charge on any atom is 0.159 e. The zero-order chi connectivity index (χ0) is 8.55. The van der Waals surface area contributed by atoms with Gasteiger partial charge in [-0.15, -0.1) is 0 Å². The smallest absolute Gasteiger partial charge is 0.159 e. The van der Waals surface area contributed by atoms with Gasteiger partial charge in [0.2, 0.25) is 0 Å². The average Bonchev–Trinajstić information content (AvgIpc) is 2.49. The fourth-order valence-electron chi connectivity index (χ4n) is 1.38. The Kier molecular flexibility index (Phi) is 1.64. The summed E-state index contributed by atoms with van der Waals surface area (Å²) in [5, 5.41) is 3.17. The minimum Gasteiger partial charge on any atom is -0.471 e. The number of hydrogen-bond acceptors (Lipinski definition) is 3. The molecule has 1 aliphatic heterocycles. The van der Waals surface area contributed by atoms with Crippen molar-refractivity contribution in [1.29, 1.82) is 0 Å². The number of pyridine rings is 1. The Morgan fingerprint density at radius 1 is 1.58 bits per heavy atom. The second-order valence-corrected chi connectivity index (χ2v) is 3.19. The lowest BCUT2D eigenvalue weighted by molar-refractivity contribution is 0.372. The second-order valence-electron chi connectivity index (χ2n) is 3.19. The Bertz CT molecular complexity index is 297. The third-order valence-electron chi connectivity index (χ3n) is 1.97. The molecular formula is C9H12N2O. The van der Waals surface area contributed by atoms with Crippen LogP contribution in [0.1, 0.15) is 25.5 Å². The lowest BCUT2D eigenvalue weighted by Gasteiger charge is -2.07. The van der Waals surface area contributed by atoms with Crippen molar-refractivity contribution in [2.24, 2.45) is 0 Å². The third-order valence-corrected chi connectivity index (χ3v) is 1.97. The molecule has 2 rings (SSSR count). The average molecular weight is 164 g/mol. The van der Waals surface area contributed by atoms with Gasteiger partial charge in [0.1, 0.15) is 11.4 Å². The van der Waals surface area contributed by atoms with Crippen molar-refractivity contribution < 1.29 is 4.74 Å². The highest BCUT2D eigenvalue weighted by atomic mass is 16.5. The number of hydrogen-bond donors (Lipinski definition) is 1. The molecule has 0 bridgehead atoms. The van der Waals surface area contributed by atoms with E-state index in [1.165, 1.54) is 0 Å². The SMILES string of the molecule is CC(C)c1nccc2c1NCO2. The quantitative estimate of drug-likeness (QED) is 0.689. The van der Waals surface area contributed by atoms with Gasteiger partial charge in [-0.2, -0.15) is 0 Å². The first kappa shape index (κ1) is 7.40. The van der Waals surface area contributed by atoms with E-state index in [2.05, 4.69) is 24.1 Å². The standard InChI is InChI=1S/C9H12N2O/c1-6(2)8-9-7(3-4-10-8)12-5-11-9/h3-4,6,11H,5H2,1-2H3. The number of nitrogens with zero attached hydrogens (tertiary/aromatic N) is 1. The fourth-order valence-corrected chi connectivity index (χ4v) is 1.38. The van der Waals surface area contributed by atoms with E-state index in [0.29, 0.717) is 12.6 Å². The zero-order valence-electron chi connectivity index (χ0n) is 7.29. The number of anilines is 1. The Labute approximate surface area is 71.8 Å². The van der Waals surface area contributed by atoms with Crippen LogP contribution in [0.25, 0.3) is 0 Å². The van der Waals surface area contributed by atoms with E-state index in [-0.39, 0.29) is 0 Å². The van der Waals surface area contributed by atoms with E-state index in [1.54, 1.807) is 6.20 Å². The van der Waals surface area contributed by atoms with Crippen molar-refractivity contribution in [2.45, 2.75) is 19.8 Å². The number of aromatic nitrogens is 1. The Morgan fingerprint density at radius 3 is 3.17 bits per heavy atom. The Balaban J connectivity index is 2.49. The van der Waals surface area contributed by atoms with E-state index in [1.807, 2.05) is 6.07 Å². The van der Waals surface area contributed by atoms with Crippen LogP contribution in [0.3, 0.4) is 0 Å². The maximum atomic E-state index is 5.34. The highest BCUT2D eigenvalue weighted by molar-refractivity contribution is 5.62. The lowest BCUT2D eigenvalue weighted by Crippen LogP contribution is -2.00. The van der Waals surface area contributed by atoms with Gasteiger partial charge in [0.05, 0.1) is 5.69 Å². The van der Waals surface area contributed by atoms with Gasteiger partial charge in [-0.1, -0.05) is 13.8 Å². The molecule has 3 nitrogen and oxygen atoms in total. The summed E-state index contributed by atoms with van der Waals surface area (Å²) in [7, 11) is 0. The largest absolute Gasteiger partial charge is 0.471 e.